The lowest BCUT2D eigenvalue weighted by Crippen LogP contribution is -2.46. The molecule has 1 saturated heterocycles. The Balaban J connectivity index is 1.10. The predicted octanol–water partition coefficient (Wildman–Crippen LogP) is 4.77. The number of carbonyl (C=O) groups excluding carboxylic acids is 2. The van der Waals surface area contributed by atoms with Gasteiger partial charge in [-0.1, -0.05) is 30.7 Å². The molecule has 2 aromatic rings. The number of hydrogen-bond donors (Lipinski definition) is 1. The Kier molecular flexibility index (Phi) is 8.16. The number of nitrogens with zero attached hydrogens (tertiary/aromatic N) is 2. The molecule has 5 heteroatoms. The molecule has 1 unspecified atom stereocenters. The Labute approximate surface area is 198 Å². The Morgan fingerprint density at radius 1 is 0.939 bits per heavy atom. The second kappa shape index (κ2) is 11.5. The fourth-order valence-corrected chi connectivity index (χ4v) is 5.10. The topological polar surface area (TPSA) is 52.7 Å². The molecule has 1 heterocycles. The second-order valence-corrected chi connectivity index (χ2v) is 9.45. The van der Waals surface area contributed by atoms with E-state index in [0.717, 1.165) is 76.8 Å². The van der Waals surface area contributed by atoms with Crippen LogP contribution in [0.1, 0.15) is 73.0 Å². The Morgan fingerprint density at radius 2 is 1.70 bits per heavy atom. The van der Waals surface area contributed by atoms with Crippen molar-refractivity contribution in [1.82, 2.24) is 10.2 Å². The maximum atomic E-state index is 12.5. The summed E-state index contributed by atoms with van der Waals surface area (Å²) >= 11 is 0. The number of rotatable bonds is 9. The third kappa shape index (κ3) is 6.44. The summed E-state index contributed by atoms with van der Waals surface area (Å²) in [5, 5.41) is 3.27. The fraction of sp³-hybridized carbons (Fsp3) is 0.500. The van der Waals surface area contributed by atoms with E-state index in [-0.39, 0.29) is 17.7 Å². The number of Topliss-reactive ketones (excluding diaryl/α,β-unsaturated/α-hetero) is 1. The average molecular weight is 448 g/mol. The van der Waals surface area contributed by atoms with Crippen LogP contribution in [0.3, 0.4) is 0 Å². The van der Waals surface area contributed by atoms with Gasteiger partial charge in [-0.3, -0.25) is 14.5 Å². The molecule has 2 aliphatic rings. The van der Waals surface area contributed by atoms with Crippen molar-refractivity contribution in [2.24, 2.45) is 0 Å². The van der Waals surface area contributed by atoms with Gasteiger partial charge in [0.1, 0.15) is 0 Å². The third-order valence-corrected chi connectivity index (χ3v) is 7.09. The number of amides is 1. The fourth-order valence-electron chi connectivity index (χ4n) is 5.10. The minimum Gasteiger partial charge on any atom is -0.369 e. The van der Waals surface area contributed by atoms with E-state index in [0.29, 0.717) is 6.42 Å². The number of ketones is 1. The lowest BCUT2D eigenvalue weighted by molar-refractivity contribution is -0.122. The van der Waals surface area contributed by atoms with Crippen molar-refractivity contribution in [1.29, 1.82) is 0 Å². The molecule has 1 N–H and O–H groups in total. The van der Waals surface area contributed by atoms with Gasteiger partial charge in [-0.15, -0.1) is 0 Å². The van der Waals surface area contributed by atoms with Crippen molar-refractivity contribution < 1.29 is 9.59 Å². The van der Waals surface area contributed by atoms with E-state index in [1.54, 1.807) is 6.92 Å². The van der Waals surface area contributed by atoms with Crippen LogP contribution in [0.15, 0.2) is 48.5 Å². The van der Waals surface area contributed by atoms with Gasteiger partial charge in [0.05, 0.1) is 6.04 Å². The molecule has 1 fully saturated rings. The maximum Gasteiger partial charge on any atom is 0.220 e. The van der Waals surface area contributed by atoms with Crippen LogP contribution in [-0.4, -0.2) is 49.3 Å². The van der Waals surface area contributed by atoms with Crippen molar-refractivity contribution in [2.45, 2.75) is 57.9 Å². The van der Waals surface area contributed by atoms with Gasteiger partial charge in [0.15, 0.2) is 5.78 Å². The molecule has 0 spiro atoms. The van der Waals surface area contributed by atoms with Crippen LogP contribution in [0, 0.1) is 0 Å². The molecule has 1 aliphatic carbocycles. The standard InChI is InChI=1S/C28H37N3O2/c1-22(32)23-13-15-25(16-14-23)31-20-18-30(19-21-31)17-6-2-3-12-28(33)29-27-11-7-9-24-8-4-5-10-26(24)27/h4-5,8,10,13-16,27H,2-3,6-7,9,11-12,17-21H2,1H3,(H,29,33). The molecule has 0 bridgehead atoms. The summed E-state index contributed by atoms with van der Waals surface area (Å²) in [5.74, 6) is 0.310. The van der Waals surface area contributed by atoms with E-state index in [1.165, 1.54) is 16.8 Å². The minimum absolute atomic E-state index is 0.114. The molecule has 0 saturated carbocycles. The highest BCUT2D eigenvalue weighted by Gasteiger charge is 2.21. The van der Waals surface area contributed by atoms with Crippen molar-refractivity contribution in [3.63, 3.8) is 0 Å². The molecule has 33 heavy (non-hydrogen) atoms. The van der Waals surface area contributed by atoms with E-state index in [9.17, 15) is 9.59 Å². The average Bonchev–Trinajstić information content (AvgIpc) is 2.84. The minimum atomic E-state index is 0.114. The maximum absolute atomic E-state index is 12.5. The normalized spacial score (nSPS) is 18.6. The Bertz CT molecular complexity index is 932. The number of benzene rings is 2. The summed E-state index contributed by atoms with van der Waals surface area (Å²) < 4.78 is 0. The highest BCUT2D eigenvalue weighted by Crippen LogP contribution is 2.29. The van der Waals surface area contributed by atoms with Crippen LogP contribution in [-0.2, 0) is 11.2 Å². The van der Waals surface area contributed by atoms with E-state index >= 15 is 0 Å². The summed E-state index contributed by atoms with van der Waals surface area (Å²) in [6.45, 7) is 6.88. The number of piperazine rings is 1. The first-order valence-electron chi connectivity index (χ1n) is 12.6. The number of nitrogens with one attached hydrogen (secondary N) is 1. The van der Waals surface area contributed by atoms with Gasteiger partial charge in [0.2, 0.25) is 5.91 Å². The smallest absolute Gasteiger partial charge is 0.220 e. The molecular formula is C28H37N3O2. The monoisotopic (exact) mass is 447 g/mol. The first-order chi connectivity index (χ1) is 16.1. The lowest BCUT2D eigenvalue weighted by Gasteiger charge is -2.36. The van der Waals surface area contributed by atoms with Crippen LogP contribution in [0.4, 0.5) is 5.69 Å². The van der Waals surface area contributed by atoms with Crippen molar-refractivity contribution in [3.8, 4) is 0 Å². The van der Waals surface area contributed by atoms with Gasteiger partial charge in [-0.25, -0.2) is 0 Å². The summed E-state index contributed by atoms with van der Waals surface area (Å²) in [6.07, 6.45) is 7.16. The molecule has 0 radical (unpaired) electrons. The van der Waals surface area contributed by atoms with E-state index in [4.69, 9.17) is 0 Å². The largest absolute Gasteiger partial charge is 0.369 e. The number of anilines is 1. The SMILES string of the molecule is CC(=O)c1ccc(N2CCN(CCCCCC(=O)NC3CCCc4ccccc43)CC2)cc1. The number of hydrogen-bond acceptors (Lipinski definition) is 4. The number of fused-ring (bicyclic) bond motifs is 1. The Hall–Kier alpha value is -2.66. The van der Waals surface area contributed by atoms with Crippen molar-refractivity contribution >= 4 is 17.4 Å². The predicted molar refractivity (Wildman–Crippen MR) is 134 cm³/mol. The second-order valence-electron chi connectivity index (χ2n) is 9.45. The number of carbonyl (C=O) groups is 2. The molecule has 0 aromatic heterocycles. The highest BCUT2D eigenvalue weighted by atomic mass is 16.1. The van der Waals surface area contributed by atoms with Crippen LogP contribution in [0.2, 0.25) is 0 Å². The molecular weight excluding hydrogens is 410 g/mol. The first-order valence-corrected chi connectivity index (χ1v) is 12.6. The molecule has 4 rings (SSSR count). The van der Waals surface area contributed by atoms with Gasteiger partial charge in [-0.2, -0.15) is 0 Å². The number of aryl methyl sites for hydroxylation is 1. The summed E-state index contributed by atoms with van der Waals surface area (Å²) in [4.78, 5) is 28.8. The van der Waals surface area contributed by atoms with Crippen molar-refractivity contribution in [3.05, 3.63) is 65.2 Å². The van der Waals surface area contributed by atoms with Gasteiger partial charge in [0.25, 0.3) is 0 Å². The van der Waals surface area contributed by atoms with E-state index in [2.05, 4.69) is 51.5 Å². The summed E-state index contributed by atoms with van der Waals surface area (Å²) in [7, 11) is 0. The van der Waals surface area contributed by atoms with Gasteiger partial charge >= 0.3 is 0 Å². The quantitative estimate of drug-likeness (QED) is 0.445. The molecule has 2 aromatic carbocycles. The van der Waals surface area contributed by atoms with Crippen LogP contribution in [0.5, 0.6) is 0 Å². The molecule has 1 aliphatic heterocycles. The van der Waals surface area contributed by atoms with Crippen molar-refractivity contribution in [2.75, 3.05) is 37.6 Å². The number of unbranched alkanes of at least 4 members (excludes halogenated alkanes) is 2. The Morgan fingerprint density at radius 3 is 2.45 bits per heavy atom. The van der Waals surface area contributed by atoms with Crippen LogP contribution in [0.25, 0.3) is 0 Å². The van der Waals surface area contributed by atoms with Gasteiger partial charge in [0, 0.05) is 43.9 Å². The molecule has 5 nitrogen and oxygen atoms in total. The first kappa shape index (κ1) is 23.5. The van der Waals surface area contributed by atoms with E-state index < -0.39 is 0 Å². The third-order valence-electron chi connectivity index (χ3n) is 7.09. The summed E-state index contributed by atoms with van der Waals surface area (Å²) in [6, 6.07) is 16.7. The lowest BCUT2D eigenvalue weighted by atomic mass is 9.87. The van der Waals surface area contributed by atoms with E-state index in [1.807, 2.05) is 12.1 Å². The zero-order valence-corrected chi connectivity index (χ0v) is 19.9. The van der Waals surface area contributed by atoms with Gasteiger partial charge in [-0.05, 0) is 81.0 Å². The zero-order chi connectivity index (χ0) is 23.0. The van der Waals surface area contributed by atoms with Crippen LogP contribution >= 0.6 is 0 Å². The van der Waals surface area contributed by atoms with Crippen LogP contribution < -0.4 is 10.2 Å². The van der Waals surface area contributed by atoms with Gasteiger partial charge < -0.3 is 10.2 Å². The molecule has 1 atom stereocenters. The highest BCUT2D eigenvalue weighted by molar-refractivity contribution is 5.94. The molecule has 1 amide bonds. The summed E-state index contributed by atoms with van der Waals surface area (Å²) in [5.41, 5.74) is 4.68. The molecule has 176 valence electrons. The zero-order valence-electron chi connectivity index (χ0n) is 19.9.